The Morgan fingerprint density at radius 1 is 1.03 bits per heavy atom. The van der Waals surface area contributed by atoms with Crippen LogP contribution in [0.3, 0.4) is 0 Å². The average molecular weight is 546 g/mol. The van der Waals surface area contributed by atoms with Gasteiger partial charge in [-0.15, -0.1) is 0 Å². The molecule has 3 fully saturated rings. The fourth-order valence-electron chi connectivity index (χ4n) is 9.45. The normalized spacial score (nSPS) is 37.1. The molecule has 0 aromatic carbocycles. The van der Waals surface area contributed by atoms with Crippen molar-refractivity contribution in [3.05, 3.63) is 11.6 Å². The van der Waals surface area contributed by atoms with E-state index in [0.29, 0.717) is 17.8 Å². The van der Waals surface area contributed by atoms with Gasteiger partial charge in [0.05, 0.1) is 6.42 Å². The first kappa shape index (κ1) is 29.9. The molecule has 0 aliphatic heterocycles. The molecule has 0 spiro atoms. The van der Waals surface area contributed by atoms with Crippen LogP contribution in [0.1, 0.15) is 112 Å². The van der Waals surface area contributed by atoms with E-state index in [2.05, 4.69) is 46.0 Å². The van der Waals surface area contributed by atoms with Crippen LogP contribution in [0.4, 0.5) is 4.79 Å². The van der Waals surface area contributed by atoms with Crippen LogP contribution in [-0.2, 0) is 14.3 Å². The summed E-state index contributed by atoms with van der Waals surface area (Å²) in [6, 6.07) is -1.50. The quantitative estimate of drug-likeness (QED) is 0.254. The van der Waals surface area contributed by atoms with Crippen molar-refractivity contribution in [2.75, 3.05) is 0 Å². The number of ether oxygens (including phenoxy) is 1. The molecule has 1 amide bonds. The third-order valence-corrected chi connectivity index (χ3v) is 11.5. The van der Waals surface area contributed by atoms with Crippen LogP contribution >= 0.6 is 0 Å². The summed E-state index contributed by atoms with van der Waals surface area (Å²) in [5.41, 5.74) is 1.98. The van der Waals surface area contributed by atoms with E-state index in [4.69, 9.17) is 9.84 Å². The average Bonchev–Trinajstić information content (AvgIpc) is 3.20. The summed E-state index contributed by atoms with van der Waals surface area (Å²) in [4.78, 5) is 34.7. The molecule has 0 bridgehead atoms. The fourth-order valence-corrected chi connectivity index (χ4v) is 9.45. The number of aliphatic carboxylic acids is 2. The van der Waals surface area contributed by atoms with Crippen molar-refractivity contribution in [1.82, 2.24) is 5.32 Å². The van der Waals surface area contributed by atoms with Crippen LogP contribution in [0.25, 0.3) is 0 Å². The number of carboxylic acids is 2. The molecular formula is C32H51NO6. The van der Waals surface area contributed by atoms with Crippen molar-refractivity contribution < 1.29 is 29.3 Å². The Hall–Kier alpha value is -2.05. The van der Waals surface area contributed by atoms with Crippen LogP contribution in [-0.4, -0.2) is 40.4 Å². The molecule has 0 heterocycles. The monoisotopic (exact) mass is 545 g/mol. The molecule has 0 unspecified atom stereocenters. The Morgan fingerprint density at radius 3 is 2.44 bits per heavy atom. The first-order valence-electron chi connectivity index (χ1n) is 15.5. The lowest BCUT2D eigenvalue weighted by atomic mass is 9.47. The number of carboxylic acid groups (broad SMARTS) is 2. The molecule has 0 saturated heterocycles. The molecule has 220 valence electrons. The number of fused-ring (bicyclic) bond motifs is 5. The number of amides is 1. The second-order valence-corrected chi connectivity index (χ2v) is 14.2. The lowest BCUT2D eigenvalue weighted by Crippen LogP contribution is -2.51. The minimum atomic E-state index is -1.50. The highest BCUT2D eigenvalue weighted by molar-refractivity contribution is 5.84. The maximum atomic E-state index is 12.4. The molecule has 7 heteroatoms. The number of rotatable bonds is 10. The molecule has 3 N–H and O–H groups in total. The highest BCUT2D eigenvalue weighted by Crippen LogP contribution is 2.67. The first-order valence-corrected chi connectivity index (χ1v) is 15.5. The van der Waals surface area contributed by atoms with Gasteiger partial charge in [0.15, 0.2) is 0 Å². The topological polar surface area (TPSA) is 113 Å². The van der Waals surface area contributed by atoms with E-state index >= 15 is 0 Å². The van der Waals surface area contributed by atoms with Crippen LogP contribution < -0.4 is 5.32 Å². The molecular weight excluding hydrogens is 494 g/mol. The molecule has 0 radical (unpaired) electrons. The van der Waals surface area contributed by atoms with Crippen molar-refractivity contribution >= 4 is 18.0 Å². The van der Waals surface area contributed by atoms with Crippen molar-refractivity contribution in [1.29, 1.82) is 0 Å². The Balaban J connectivity index is 1.38. The van der Waals surface area contributed by atoms with E-state index < -0.39 is 30.5 Å². The van der Waals surface area contributed by atoms with Crippen LogP contribution in [0.5, 0.6) is 0 Å². The van der Waals surface area contributed by atoms with Gasteiger partial charge in [-0.1, -0.05) is 65.5 Å². The van der Waals surface area contributed by atoms with Crippen LogP contribution in [0, 0.1) is 46.3 Å². The molecule has 3 saturated carbocycles. The third-order valence-electron chi connectivity index (χ3n) is 11.5. The molecule has 0 aromatic heterocycles. The summed E-state index contributed by atoms with van der Waals surface area (Å²) in [6.45, 7) is 12.2. The van der Waals surface area contributed by atoms with E-state index in [1.165, 1.54) is 50.5 Å². The molecule has 39 heavy (non-hydrogen) atoms. The molecule has 0 aromatic rings. The number of allylic oxidation sites excluding steroid dienone is 1. The summed E-state index contributed by atoms with van der Waals surface area (Å²) in [5, 5.41) is 20.4. The van der Waals surface area contributed by atoms with Crippen LogP contribution in [0.15, 0.2) is 11.6 Å². The minimum absolute atomic E-state index is 0.133. The summed E-state index contributed by atoms with van der Waals surface area (Å²) in [7, 11) is 0. The standard InChI is InChI=1S/C32H51NO6/c1-19(2)7-6-8-20(3)24-11-12-25-23-10-9-21-17-22(39-30(38)33-27(29(36)37)18-28(34)35)13-15-31(21,4)26(23)14-16-32(24,25)5/h9,19-20,22-27H,6-8,10-18H2,1-5H3,(H,33,38)(H,34,35)(H,36,37)/t20-,22+,23+,24-,25+,26+,27+,31+,32-/m1/s1. The van der Waals surface area contributed by atoms with E-state index in [-0.39, 0.29) is 11.5 Å². The first-order chi connectivity index (χ1) is 18.3. The molecule has 4 aliphatic carbocycles. The zero-order valence-electron chi connectivity index (χ0n) is 24.7. The second-order valence-electron chi connectivity index (χ2n) is 14.2. The van der Waals surface area contributed by atoms with E-state index in [0.717, 1.165) is 48.9 Å². The summed E-state index contributed by atoms with van der Waals surface area (Å²) < 4.78 is 5.61. The van der Waals surface area contributed by atoms with Crippen molar-refractivity contribution in [3.8, 4) is 0 Å². The van der Waals surface area contributed by atoms with Gasteiger partial charge in [0.25, 0.3) is 0 Å². The zero-order chi connectivity index (χ0) is 28.5. The predicted octanol–water partition coefficient (Wildman–Crippen LogP) is 7.05. The molecule has 9 atom stereocenters. The Bertz CT molecular complexity index is 960. The number of carbonyl (C=O) groups is 3. The number of carbonyl (C=O) groups excluding carboxylic acids is 1. The SMILES string of the molecule is CC(C)CCC[C@@H](C)[C@H]1CC[C@H]2[C@@H]3CC=C4C[C@@H](OC(=O)N[C@@H](CC(=O)O)C(=O)O)CC[C@]4(C)[C@H]3CC[C@]12C. The second kappa shape index (κ2) is 11.8. The molecule has 4 aliphatic rings. The maximum absolute atomic E-state index is 12.4. The van der Waals surface area contributed by atoms with Gasteiger partial charge in [-0.2, -0.15) is 0 Å². The predicted molar refractivity (Wildman–Crippen MR) is 150 cm³/mol. The van der Waals surface area contributed by atoms with Crippen molar-refractivity contribution in [2.45, 2.75) is 124 Å². The third kappa shape index (κ3) is 6.17. The Labute approximate surface area is 234 Å². The van der Waals surface area contributed by atoms with Crippen LogP contribution in [0.2, 0.25) is 0 Å². The lowest BCUT2D eigenvalue weighted by Gasteiger charge is -2.58. The number of alkyl carbamates (subject to hydrolysis) is 1. The smallest absolute Gasteiger partial charge is 0.408 e. The zero-order valence-corrected chi connectivity index (χ0v) is 24.7. The Kier molecular flexibility index (Phi) is 9.07. The summed E-state index contributed by atoms with van der Waals surface area (Å²) in [6.07, 6.45) is 13.5. The van der Waals surface area contributed by atoms with E-state index in [1.807, 2.05) is 0 Å². The van der Waals surface area contributed by atoms with Gasteiger partial charge in [-0.3, -0.25) is 4.79 Å². The largest absolute Gasteiger partial charge is 0.481 e. The minimum Gasteiger partial charge on any atom is -0.481 e. The van der Waals surface area contributed by atoms with Gasteiger partial charge in [0.2, 0.25) is 0 Å². The molecule has 4 rings (SSSR count). The van der Waals surface area contributed by atoms with Gasteiger partial charge >= 0.3 is 18.0 Å². The van der Waals surface area contributed by atoms with Gasteiger partial charge in [0, 0.05) is 6.42 Å². The van der Waals surface area contributed by atoms with Gasteiger partial charge in [-0.25, -0.2) is 9.59 Å². The van der Waals surface area contributed by atoms with Gasteiger partial charge in [0.1, 0.15) is 12.1 Å². The Morgan fingerprint density at radius 2 is 1.77 bits per heavy atom. The van der Waals surface area contributed by atoms with Gasteiger partial charge < -0.3 is 20.3 Å². The van der Waals surface area contributed by atoms with Crippen molar-refractivity contribution in [2.24, 2.45) is 46.3 Å². The van der Waals surface area contributed by atoms with Gasteiger partial charge in [-0.05, 0) is 91.3 Å². The fraction of sp³-hybridized carbons (Fsp3) is 0.844. The van der Waals surface area contributed by atoms with Crippen molar-refractivity contribution in [3.63, 3.8) is 0 Å². The summed E-state index contributed by atoms with van der Waals surface area (Å²) >= 11 is 0. The number of hydrogen-bond acceptors (Lipinski definition) is 4. The lowest BCUT2D eigenvalue weighted by molar-refractivity contribution is -0.145. The highest BCUT2D eigenvalue weighted by atomic mass is 16.6. The maximum Gasteiger partial charge on any atom is 0.408 e. The number of nitrogens with one attached hydrogen (secondary N) is 1. The molecule has 7 nitrogen and oxygen atoms in total. The highest BCUT2D eigenvalue weighted by Gasteiger charge is 2.59. The summed E-state index contributed by atoms with van der Waals surface area (Å²) in [5.74, 6) is 1.97. The van der Waals surface area contributed by atoms with E-state index in [1.54, 1.807) is 0 Å². The number of hydrogen-bond donors (Lipinski definition) is 3. The van der Waals surface area contributed by atoms with E-state index in [9.17, 15) is 19.5 Å².